The Balaban J connectivity index is 2.16. The van der Waals surface area contributed by atoms with E-state index in [2.05, 4.69) is 30.0 Å². The van der Waals surface area contributed by atoms with E-state index in [-0.39, 0.29) is 6.04 Å². The van der Waals surface area contributed by atoms with Crippen molar-refractivity contribution >= 4 is 17.3 Å². The van der Waals surface area contributed by atoms with Crippen LogP contribution in [0.2, 0.25) is 5.02 Å². The van der Waals surface area contributed by atoms with Crippen LogP contribution in [-0.2, 0) is 6.42 Å². The van der Waals surface area contributed by atoms with E-state index in [0.717, 1.165) is 23.6 Å². The van der Waals surface area contributed by atoms with Crippen LogP contribution in [0, 0.1) is 0 Å². The maximum atomic E-state index is 6.44. The third-order valence-corrected chi connectivity index (χ3v) is 4.51. The molecule has 0 spiro atoms. The van der Waals surface area contributed by atoms with Crippen molar-refractivity contribution in [1.82, 2.24) is 0 Å². The second kappa shape index (κ2) is 7.33. The summed E-state index contributed by atoms with van der Waals surface area (Å²) in [6, 6.07) is 7.34. The monoisotopic (exact) mass is 294 g/mol. The first-order chi connectivity index (χ1) is 9.61. The number of hydrogen-bond donors (Lipinski definition) is 1. The van der Waals surface area contributed by atoms with Gasteiger partial charge in [-0.1, -0.05) is 31.0 Å². The molecule has 1 aliphatic heterocycles. The predicted molar refractivity (Wildman–Crippen MR) is 88.7 cm³/mol. The zero-order valence-corrected chi connectivity index (χ0v) is 13.5. The third kappa shape index (κ3) is 3.89. The molecule has 0 amide bonds. The van der Waals surface area contributed by atoms with E-state index in [1.807, 2.05) is 6.92 Å². The Morgan fingerprint density at radius 3 is 2.85 bits per heavy atom. The smallest absolute Gasteiger partial charge is 0.0459 e. The van der Waals surface area contributed by atoms with Crippen LogP contribution in [0.5, 0.6) is 0 Å². The van der Waals surface area contributed by atoms with Gasteiger partial charge >= 0.3 is 0 Å². The van der Waals surface area contributed by atoms with Gasteiger partial charge in [0.1, 0.15) is 0 Å². The molecular formula is C17H27ClN2. The molecular weight excluding hydrogens is 268 g/mol. The zero-order chi connectivity index (χ0) is 14.5. The highest BCUT2D eigenvalue weighted by Gasteiger charge is 2.22. The Morgan fingerprint density at radius 1 is 1.40 bits per heavy atom. The summed E-state index contributed by atoms with van der Waals surface area (Å²) >= 11 is 6.44. The van der Waals surface area contributed by atoms with Crippen molar-refractivity contribution in [2.75, 3.05) is 11.4 Å². The fourth-order valence-electron chi connectivity index (χ4n) is 3.20. The molecule has 2 N–H and O–H groups in total. The average Bonchev–Trinajstić information content (AvgIpc) is 2.42. The minimum Gasteiger partial charge on any atom is -0.369 e. The van der Waals surface area contributed by atoms with Crippen molar-refractivity contribution in [1.29, 1.82) is 0 Å². The van der Waals surface area contributed by atoms with Gasteiger partial charge in [-0.25, -0.2) is 0 Å². The number of benzene rings is 1. The maximum absolute atomic E-state index is 6.44. The molecule has 1 aromatic rings. The molecule has 1 aliphatic rings. The molecule has 1 heterocycles. The van der Waals surface area contributed by atoms with Gasteiger partial charge in [0, 0.05) is 29.3 Å². The molecule has 2 rings (SSSR count). The van der Waals surface area contributed by atoms with Crippen molar-refractivity contribution < 1.29 is 0 Å². The molecule has 0 aromatic heterocycles. The summed E-state index contributed by atoms with van der Waals surface area (Å²) in [7, 11) is 0. The Hall–Kier alpha value is -0.730. The highest BCUT2D eigenvalue weighted by molar-refractivity contribution is 6.31. The number of halogens is 1. The number of piperidine rings is 1. The van der Waals surface area contributed by atoms with Gasteiger partial charge in [0.05, 0.1) is 0 Å². The first-order valence-corrected chi connectivity index (χ1v) is 8.30. The lowest BCUT2D eigenvalue weighted by molar-refractivity contribution is 0.435. The molecule has 0 aliphatic carbocycles. The summed E-state index contributed by atoms with van der Waals surface area (Å²) in [4.78, 5) is 2.55. The topological polar surface area (TPSA) is 29.3 Å². The van der Waals surface area contributed by atoms with Crippen molar-refractivity contribution in [2.45, 2.75) is 64.5 Å². The lowest BCUT2D eigenvalue weighted by Gasteiger charge is -2.38. The van der Waals surface area contributed by atoms with Crippen LogP contribution >= 0.6 is 11.6 Å². The molecule has 3 heteroatoms. The fraction of sp³-hybridized carbons (Fsp3) is 0.647. The average molecular weight is 295 g/mol. The van der Waals surface area contributed by atoms with Gasteiger partial charge in [0.25, 0.3) is 0 Å². The predicted octanol–water partition coefficient (Wildman–Crippen LogP) is 4.39. The van der Waals surface area contributed by atoms with Crippen molar-refractivity contribution in [2.24, 2.45) is 5.73 Å². The molecule has 1 aromatic carbocycles. The van der Waals surface area contributed by atoms with E-state index in [9.17, 15) is 0 Å². The van der Waals surface area contributed by atoms with Crippen LogP contribution in [0.25, 0.3) is 0 Å². The Morgan fingerprint density at radius 2 is 2.20 bits per heavy atom. The lowest BCUT2D eigenvalue weighted by atomic mass is 9.97. The Labute approximate surface area is 128 Å². The van der Waals surface area contributed by atoms with Gasteiger partial charge < -0.3 is 10.6 Å². The molecule has 20 heavy (non-hydrogen) atoms. The van der Waals surface area contributed by atoms with E-state index in [4.69, 9.17) is 17.3 Å². The van der Waals surface area contributed by atoms with Crippen molar-refractivity contribution in [3.63, 3.8) is 0 Å². The van der Waals surface area contributed by atoms with Gasteiger partial charge in [-0.3, -0.25) is 0 Å². The van der Waals surface area contributed by atoms with Gasteiger partial charge in [-0.15, -0.1) is 0 Å². The molecule has 0 radical (unpaired) electrons. The number of rotatable bonds is 5. The molecule has 1 saturated heterocycles. The van der Waals surface area contributed by atoms with E-state index in [1.165, 1.54) is 37.8 Å². The highest BCUT2D eigenvalue weighted by Crippen LogP contribution is 2.30. The van der Waals surface area contributed by atoms with Gasteiger partial charge in [0.2, 0.25) is 0 Å². The fourth-order valence-corrected chi connectivity index (χ4v) is 3.45. The van der Waals surface area contributed by atoms with Crippen LogP contribution in [0.1, 0.15) is 51.5 Å². The Bertz CT molecular complexity index is 429. The van der Waals surface area contributed by atoms with Crippen molar-refractivity contribution in [3.05, 3.63) is 28.8 Å². The molecule has 1 fully saturated rings. The SMILES string of the molecule is CCCC1CCCCN1c1ccc(CC(C)N)c(Cl)c1. The van der Waals surface area contributed by atoms with Gasteiger partial charge in [0.15, 0.2) is 0 Å². The molecule has 2 nitrogen and oxygen atoms in total. The van der Waals surface area contributed by atoms with Gasteiger partial charge in [-0.2, -0.15) is 0 Å². The van der Waals surface area contributed by atoms with E-state index < -0.39 is 0 Å². The Kier molecular flexibility index (Phi) is 5.74. The molecule has 2 atom stereocenters. The summed E-state index contributed by atoms with van der Waals surface area (Å²) in [6.45, 7) is 5.45. The minimum atomic E-state index is 0.154. The molecule has 112 valence electrons. The summed E-state index contributed by atoms with van der Waals surface area (Å²) < 4.78 is 0. The maximum Gasteiger partial charge on any atom is 0.0459 e. The van der Waals surface area contributed by atoms with Crippen LogP contribution in [0.4, 0.5) is 5.69 Å². The molecule has 0 saturated carbocycles. The standard InChI is InChI=1S/C17H27ClN2/c1-3-6-15-7-4-5-10-20(15)16-9-8-14(11-13(2)19)17(18)12-16/h8-9,12-13,15H,3-7,10-11,19H2,1-2H3. The summed E-state index contributed by atoms with van der Waals surface area (Å²) in [5.74, 6) is 0. The highest BCUT2D eigenvalue weighted by atomic mass is 35.5. The normalized spacial score (nSPS) is 21.0. The molecule has 0 bridgehead atoms. The lowest BCUT2D eigenvalue weighted by Crippen LogP contribution is -2.39. The quantitative estimate of drug-likeness (QED) is 0.873. The number of anilines is 1. The van der Waals surface area contributed by atoms with Crippen molar-refractivity contribution in [3.8, 4) is 0 Å². The number of nitrogens with two attached hydrogens (primary N) is 1. The largest absolute Gasteiger partial charge is 0.369 e. The van der Waals surface area contributed by atoms with Crippen LogP contribution in [0.15, 0.2) is 18.2 Å². The second-order valence-corrected chi connectivity index (χ2v) is 6.50. The van der Waals surface area contributed by atoms with Gasteiger partial charge in [-0.05, 0) is 56.7 Å². The number of nitrogens with zero attached hydrogens (tertiary/aromatic N) is 1. The first-order valence-electron chi connectivity index (χ1n) is 7.92. The minimum absolute atomic E-state index is 0.154. The zero-order valence-electron chi connectivity index (χ0n) is 12.7. The van der Waals surface area contributed by atoms with E-state index in [0.29, 0.717) is 6.04 Å². The summed E-state index contributed by atoms with van der Waals surface area (Å²) in [5, 5.41) is 0.862. The molecule has 2 unspecified atom stereocenters. The van der Waals surface area contributed by atoms with Crippen LogP contribution in [-0.4, -0.2) is 18.6 Å². The van der Waals surface area contributed by atoms with Crippen LogP contribution in [0.3, 0.4) is 0 Å². The van der Waals surface area contributed by atoms with E-state index >= 15 is 0 Å². The first kappa shape index (κ1) is 15.7. The van der Waals surface area contributed by atoms with E-state index in [1.54, 1.807) is 0 Å². The second-order valence-electron chi connectivity index (χ2n) is 6.09. The summed E-state index contributed by atoms with van der Waals surface area (Å²) in [6.07, 6.45) is 7.33. The number of hydrogen-bond acceptors (Lipinski definition) is 2. The van der Waals surface area contributed by atoms with Crippen LogP contribution < -0.4 is 10.6 Å². The summed E-state index contributed by atoms with van der Waals surface area (Å²) in [5.41, 5.74) is 8.31. The third-order valence-electron chi connectivity index (χ3n) is 4.16.